The Labute approximate surface area is 137 Å². The lowest BCUT2D eigenvalue weighted by Crippen LogP contribution is -2.55. The molecule has 1 radical (unpaired) electrons. The molecule has 1 aliphatic rings. The molecule has 0 aliphatic carbocycles. The standard InChI is InChI=1S/C14H21F3NO6/c1-4-21-10(22-5-2)7-6-9-11(24-13(20)23-9)12(14(15,16)17)18-8(3)19/h7,9-12H,4-6H2,1-3H3,(H,18,19)/t9?,11-,12?/m1/s1. The maximum atomic E-state index is 13.2. The van der Waals surface area contributed by atoms with E-state index in [9.17, 15) is 22.8 Å². The van der Waals surface area contributed by atoms with Crippen LogP contribution in [0.2, 0.25) is 0 Å². The summed E-state index contributed by atoms with van der Waals surface area (Å²) in [4.78, 5) is 22.3. The molecule has 3 atom stereocenters. The molecule has 1 N–H and O–H groups in total. The molecule has 0 spiro atoms. The van der Waals surface area contributed by atoms with E-state index in [0.29, 0.717) is 13.2 Å². The Morgan fingerprint density at radius 2 is 1.88 bits per heavy atom. The molecule has 2 unspecified atom stereocenters. The number of carbonyl (C=O) groups excluding carboxylic acids is 2. The highest BCUT2D eigenvalue weighted by Crippen LogP contribution is 2.31. The summed E-state index contributed by atoms with van der Waals surface area (Å²) < 4.78 is 59.3. The van der Waals surface area contributed by atoms with Crippen molar-refractivity contribution in [1.29, 1.82) is 0 Å². The van der Waals surface area contributed by atoms with Crippen LogP contribution in [-0.2, 0) is 23.7 Å². The fraction of sp³-hybridized carbons (Fsp3) is 0.786. The molecule has 1 aliphatic heterocycles. The highest BCUT2D eigenvalue weighted by atomic mass is 19.4. The van der Waals surface area contributed by atoms with Crippen LogP contribution < -0.4 is 5.32 Å². The Bertz CT molecular complexity index is 425. The van der Waals surface area contributed by atoms with Gasteiger partial charge in [-0.3, -0.25) is 4.79 Å². The number of cyclic esters (lactones) is 2. The number of halogens is 3. The highest BCUT2D eigenvalue weighted by Gasteiger charge is 2.54. The smallest absolute Gasteiger partial charge is 0.427 e. The third-order valence-corrected chi connectivity index (χ3v) is 3.11. The average molecular weight is 356 g/mol. The van der Waals surface area contributed by atoms with E-state index in [-0.39, 0.29) is 6.42 Å². The molecule has 0 bridgehead atoms. The molecular weight excluding hydrogens is 335 g/mol. The lowest BCUT2D eigenvalue weighted by Gasteiger charge is -2.28. The molecule has 24 heavy (non-hydrogen) atoms. The fourth-order valence-electron chi connectivity index (χ4n) is 2.20. The molecule has 0 aromatic carbocycles. The van der Waals surface area contributed by atoms with Crippen molar-refractivity contribution in [2.24, 2.45) is 0 Å². The number of hydrogen-bond acceptors (Lipinski definition) is 6. The second-order valence-corrected chi connectivity index (χ2v) is 4.96. The van der Waals surface area contributed by atoms with E-state index in [1.807, 2.05) is 0 Å². The number of rotatable bonds is 9. The lowest BCUT2D eigenvalue weighted by atomic mass is 10.0. The summed E-state index contributed by atoms with van der Waals surface area (Å²) in [5.41, 5.74) is 0. The van der Waals surface area contributed by atoms with Crippen LogP contribution in [0, 0.1) is 6.42 Å². The van der Waals surface area contributed by atoms with Crippen molar-refractivity contribution in [2.45, 2.75) is 57.9 Å². The topological polar surface area (TPSA) is 83.1 Å². The molecule has 0 aromatic heterocycles. The first kappa shape index (κ1) is 20.5. The molecule has 1 fully saturated rings. The van der Waals surface area contributed by atoms with Gasteiger partial charge in [0, 0.05) is 26.6 Å². The maximum Gasteiger partial charge on any atom is 0.509 e. The largest absolute Gasteiger partial charge is 0.509 e. The number of carbonyl (C=O) groups is 2. The fourth-order valence-corrected chi connectivity index (χ4v) is 2.20. The predicted molar refractivity (Wildman–Crippen MR) is 74.8 cm³/mol. The van der Waals surface area contributed by atoms with Crippen LogP contribution in [-0.4, -0.2) is 56.0 Å². The van der Waals surface area contributed by atoms with E-state index < -0.39 is 42.8 Å². The first-order chi connectivity index (χ1) is 11.2. The summed E-state index contributed by atoms with van der Waals surface area (Å²) in [6.07, 6.45) is -8.32. The number of ether oxygens (including phenoxy) is 4. The van der Waals surface area contributed by atoms with Crippen LogP contribution in [0.1, 0.15) is 27.2 Å². The quantitative estimate of drug-likeness (QED) is 0.502. The minimum atomic E-state index is -4.80. The molecule has 0 saturated carbocycles. The molecule has 10 heteroatoms. The molecule has 1 rings (SSSR count). The van der Waals surface area contributed by atoms with Crippen LogP contribution >= 0.6 is 0 Å². The molecule has 1 amide bonds. The zero-order valence-electron chi connectivity index (χ0n) is 13.6. The van der Waals surface area contributed by atoms with Crippen LogP contribution in [0.5, 0.6) is 0 Å². The van der Waals surface area contributed by atoms with Crippen molar-refractivity contribution in [2.75, 3.05) is 13.2 Å². The van der Waals surface area contributed by atoms with Crippen molar-refractivity contribution in [3.05, 3.63) is 6.42 Å². The first-order valence-corrected chi connectivity index (χ1v) is 7.46. The molecule has 0 aromatic rings. The molecule has 1 heterocycles. The predicted octanol–water partition coefficient (Wildman–Crippen LogP) is 1.95. The number of alkyl halides is 3. The lowest BCUT2D eigenvalue weighted by molar-refractivity contribution is -0.181. The third kappa shape index (κ3) is 6.16. The van der Waals surface area contributed by atoms with Gasteiger partial charge < -0.3 is 24.3 Å². The molecule has 139 valence electrons. The highest BCUT2D eigenvalue weighted by molar-refractivity contribution is 5.73. The van der Waals surface area contributed by atoms with E-state index in [4.69, 9.17) is 14.2 Å². The maximum absolute atomic E-state index is 13.2. The van der Waals surface area contributed by atoms with Gasteiger partial charge in [0.25, 0.3) is 0 Å². The van der Waals surface area contributed by atoms with Gasteiger partial charge in [-0.05, 0) is 20.3 Å². The van der Waals surface area contributed by atoms with Crippen molar-refractivity contribution in [3.63, 3.8) is 0 Å². The summed E-state index contributed by atoms with van der Waals surface area (Å²) in [5.74, 6) is -0.899. The Morgan fingerprint density at radius 1 is 1.29 bits per heavy atom. The minimum Gasteiger partial charge on any atom is -0.427 e. The summed E-state index contributed by atoms with van der Waals surface area (Å²) >= 11 is 0. The van der Waals surface area contributed by atoms with Crippen molar-refractivity contribution in [1.82, 2.24) is 5.32 Å². The molecular formula is C14H21F3NO6. The van der Waals surface area contributed by atoms with Gasteiger partial charge in [0.1, 0.15) is 6.10 Å². The van der Waals surface area contributed by atoms with Gasteiger partial charge in [-0.2, -0.15) is 13.2 Å². The van der Waals surface area contributed by atoms with Gasteiger partial charge >= 0.3 is 12.3 Å². The van der Waals surface area contributed by atoms with E-state index in [1.165, 1.54) is 6.42 Å². The van der Waals surface area contributed by atoms with Crippen LogP contribution in [0.3, 0.4) is 0 Å². The summed E-state index contributed by atoms with van der Waals surface area (Å²) in [6, 6.07) is -2.36. The zero-order chi connectivity index (χ0) is 18.3. The van der Waals surface area contributed by atoms with Gasteiger partial charge in [-0.25, -0.2) is 4.79 Å². The first-order valence-electron chi connectivity index (χ1n) is 7.46. The second-order valence-electron chi connectivity index (χ2n) is 4.96. The number of nitrogens with one attached hydrogen (secondary N) is 1. The second kappa shape index (κ2) is 9.07. The van der Waals surface area contributed by atoms with E-state index in [2.05, 4.69) is 4.74 Å². The van der Waals surface area contributed by atoms with Crippen molar-refractivity contribution in [3.8, 4) is 0 Å². The normalized spacial score (nSPS) is 22.2. The third-order valence-electron chi connectivity index (χ3n) is 3.11. The van der Waals surface area contributed by atoms with E-state index >= 15 is 0 Å². The molecule has 7 nitrogen and oxygen atoms in total. The minimum absolute atomic E-state index is 0.0900. The summed E-state index contributed by atoms with van der Waals surface area (Å²) in [5, 5.41) is 1.75. The van der Waals surface area contributed by atoms with Crippen LogP contribution in [0.15, 0.2) is 0 Å². The van der Waals surface area contributed by atoms with Gasteiger partial charge in [0.2, 0.25) is 5.91 Å². The van der Waals surface area contributed by atoms with Gasteiger partial charge in [-0.15, -0.1) is 0 Å². The summed E-state index contributed by atoms with van der Waals surface area (Å²) in [6.45, 7) is 5.08. The molecule has 1 saturated heterocycles. The zero-order valence-corrected chi connectivity index (χ0v) is 13.6. The summed E-state index contributed by atoms with van der Waals surface area (Å²) in [7, 11) is 0. The number of hydrogen-bond donors (Lipinski definition) is 1. The Balaban J connectivity index is 2.79. The van der Waals surface area contributed by atoms with Crippen LogP contribution in [0.4, 0.5) is 18.0 Å². The Hall–Kier alpha value is -1.55. The van der Waals surface area contributed by atoms with Gasteiger partial charge in [0.15, 0.2) is 18.4 Å². The van der Waals surface area contributed by atoms with Crippen molar-refractivity contribution < 1.29 is 41.7 Å². The van der Waals surface area contributed by atoms with E-state index in [0.717, 1.165) is 6.92 Å². The SMILES string of the molecule is CCOC([CH]CC1OC(=O)O[C@H]1C(NC(C)=O)C(F)(F)F)OCC. The Kier molecular flexibility index (Phi) is 7.74. The van der Waals surface area contributed by atoms with Gasteiger partial charge in [-0.1, -0.05) is 0 Å². The number of amides is 1. The van der Waals surface area contributed by atoms with E-state index in [1.54, 1.807) is 19.2 Å². The van der Waals surface area contributed by atoms with Gasteiger partial charge in [0.05, 0.1) is 0 Å². The van der Waals surface area contributed by atoms with Crippen LogP contribution in [0.25, 0.3) is 0 Å². The average Bonchev–Trinajstić information content (AvgIpc) is 2.82. The Morgan fingerprint density at radius 3 is 2.33 bits per heavy atom. The monoisotopic (exact) mass is 356 g/mol. The van der Waals surface area contributed by atoms with Crippen molar-refractivity contribution >= 4 is 12.1 Å².